The molecule has 0 bridgehead atoms. The maximum atomic E-state index is 11.8. The lowest BCUT2D eigenvalue weighted by molar-refractivity contribution is -0.151. The van der Waals surface area contributed by atoms with E-state index in [1.807, 2.05) is 0 Å². The van der Waals surface area contributed by atoms with Crippen LogP contribution < -0.4 is 0 Å². The highest BCUT2D eigenvalue weighted by molar-refractivity contribution is 5.69. The number of ether oxygens (including phenoxy) is 1. The molecular formula is C18H35NO2. The van der Waals surface area contributed by atoms with Crippen molar-refractivity contribution < 1.29 is 9.53 Å². The first-order valence-electron chi connectivity index (χ1n) is 9.10. The third-order valence-electron chi connectivity index (χ3n) is 4.45. The van der Waals surface area contributed by atoms with Gasteiger partial charge in [-0.15, -0.1) is 0 Å². The average Bonchev–Trinajstić information content (AvgIpc) is 2.48. The van der Waals surface area contributed by atoms with Gasteiger partial charge in [-0.25, -0.2) is 0 Å². The molecule has 1 rings (SSSR count). The highest BCUT2D eigenvalue weighted by Crippen LogP contribution is 2.14. The number of carbonyl (C=O) groups is 1. The highest BCUT2D eigenvalue weighted by atomic mass is 16.5. The molecule has 0 N–H and O–H groups in total. The molecule has 0 aliphatic carbocycles. The number of nitrogens with zero attached hydrogens (tertiary/aromatic N) is 1. The minimum Gasteiger partial charge on any atom is -0.462 e. The van der Waals surface area contributed by atoms with Gasteiger partial charge in [0.2, 0.25) is 0 Å². The standard InChI is InChI=1S/C18H35NO2/c1-3-4-5-6-7-8-9-10-11-12-18(20)21-17-13-15-19(2)16-14-17/h17H,3-16H2,1-2H3. The maximum absolute atomic E-state index is 11.8. The fourth-order valence-corrected chi connectivity index (χ4v) is 2.93. The molecule has 0 radical (unpaired) electrons. The summed E-state index contributed by atoms with van der Waals surface area (Å²) in [4.78, 5) is 14.1. The molecule has 0 atom stereocenters. The summed E-state index contributed by atoms with van der Waals surface area (Å²) in [6.07, 6.45) is 14.4. The Labute approximate surface area is 131 Å². The van der Waals surface area contributed by atoms with Crippen molar-refractivity contribution in [3.8, 4) is 0 Å². The Hall–Kier alpha value is -0.570. The Balaban J connectivity index is 1.87. The summed E-state index contributed by atoms with van der Waals surface area (Å²) in [6.45, 7) is 4.36. The number of esters is 1. The summed E-state index contributed by atoms with van der Waals surface area (Å²) in [6, 6.07) is 0. The van der Waals surface area contributed by atoms with E-state index in [0.29, 0.717) is 6.42 Å². The summed E-state index contributed by atoms with van der Waals surface area (Å²) in [5.74, 6) is 0.0208. The van der Waals surface area contributed by atoms with Gasteiger partial charge in [-0.3, -0.25) is 4.79 Å². The number of carbonyl (C=O) groups excluding carboxylic acids is 1. The second-order valence-corrected chi connectivity index (χ2v) is 6.57. The van der Waals surface area contributed by atoms with Crippen molar-refractivity contribution in [1.29, 1.82) is 0 Å². The van der Waals surface area contributed by atoms with Crippen LogP contribution in [0.15, 0.2) is 0 Å². The van der Waals surface area contributed by atoms with Crippen LogP contribution in [-0.4, -0.2) is 37.1 Å². The smallest absolute Gasteiger partial charge is 0.306 e. The predicted octanol–water partition coefficient (Wildman–Crippen LogP) is 4.54. The third-order valence-corrected chi connectivity index (χ3v) is 4.45. The van der Waals surface area contributed by atoms with Crippen LogP contribution in [0.4, 0.5) is 0 Å². The van der Waals surface area contributed by atoms with Crippen LogP contribution in [-0.2, 0) is 9.53 Å². The molecule has 0 saturated carbocycles. The molecule has 1 aliphatic heterocycles. The molecule has 1 fully saturated rings. The summed E-state index contributed by atoms with van der Waals surface area (Å²) in [5, 5.41) is 0. The van der Waals surface area contributed by atoms with Crippen LogP contribution in [0.25, 0.3) is 0 Å². The van der Waals surface area contributed by atoms with Crippen molar-refractivity contribution in [2.24, 2.45) is 0 Å². The molecule has 0 aromatic heterocycles. The van der Waals surface area contributed by atoms with Gasteiger partial charge < -0.3 is 9.64 Å². The molecule has 3 nitrogen and oxygen atoms in total. The zero-order valence-electron chi connectivity index (χ0n) is 14.2. The summed E-state index contributed by atoms with van der Waals surface area (Å²) >= 11 is 0. The van der Waals surface area contributed by atoms with Crippen molar-refractivity contribution in [1.82, 2.24) is 4.90 Å². The topological polar surface area (TPSA) is 29.5 Å². The third kappa shape index (κ3) is 9.89. The number of unbranched alkanes of at least 4 members (excludes halogenated alkanes) is 8. The summed E-state index contributed by atoms with van der Waals surface area (Å²) < 4.78 is 5.55. The Morgan fingerprint density at radius 3 is 2.05 bits per heavy atom. The minimum atomic E-state index is 0.0208. The van der Waals surface area contributed by atoms with Crippen LogP contribution in [0.1, 0.15) is 84.0 Å². The fraction of sp³-hybridized carbons (Fsp3) is 0.944. The molecule has 21 heavy (non-hydrogen) atoms. The van der Waals surface area contributed by atoms with Gasteiger partial charge in [-0.2, -0.15) is 0 Å². The van der Waals surface area contributed by atoms with E-state index in [0.717, 1.165) is 32.4 Å². The van der Waals surface area contributed by atoms with E-state index in [-0.39, 0.29) is 12.1 Å². The van der Waals surface area contributed by atoms with Gasteiger partial charge in [0.15, 0.2) is 0 Å². The van der Waals surface area contributed by atoms with Crippen LogP contribution in [0, 0.1) is 0 Å². The van der Waals surface area contributed by atoms with Crippen molar-refractivity contribution in [2.75, 3.05) is 20.1 Å². The summed E-state index contributed by atoms with van der Waals surface area (Å²) in [5.41, 5.74) is 0. The number of piperidine rings is 1. The lowest BCUT2D eigenvalue weighted by Crippen LogP contribution is -2.35. The first-order valence-corrected chi connectivity index (χ1v) is 9.10. The summed E-state index contributed by atoms with van der Waals surface area (Å²) in [7, 11) is 2.13. The van der Waals surface area contributed by atoms with Crippen molar-refractivity contribution in [3.63, 3.8) is 0 Å². The Morgan fingerprint density at radius 2 is 1.48 bits per heavy atom. The lowest BCUT2D eigenvalue weighted by Gasteiger charge is -2.28. The molecular weight excluding hydrogens is 262 g/mol. The van der Waals surface area contributed by atoms with Gasteiger partial charge in [0.25, 0.3) is 0 Å². The van der Waals surface area contributed by atoms with E-state index in [1.165, 1.54) is 51.4 Å². The lowest BCUT2D eigenvalue weighted by atomic mass is 10.1. The van der Waals surface area contributed by atoms with E-state index >= 15 is 0 Å². The Kier molecular flexibility index (Phi) is 10.6. The molecule has 124 valence electrons. The van der Waals surface area contributed by atoms with E-state index in [1.54, 1.807) is 0 Å². The van der Waals surface area contributed by atoms with E-state index in [2.05, 4.69) is 18.9 Å². The van der Waals surface area contributed by atoms with Crippen LogP contribution in [0.5, 0.6) is 0 Å². The molecule has 1 aliphatic rings. The molecule has 3 heteroatoms. The zero-order chi connectivity index (χ0) is 15.3. The van der Waals surface area contributed by atoms with Crippen LogP contribution in [0.2, 0.25) is 0 Å². The number of hydrogen-bond acceptors (Lipinski definition) is 3. The zero-order valence-corrected chi connectivity index (χ0v) is 14.2. The average molecular weight is 297 g/mol. The second-order valence-electron chi connectivity index (χ2n) is 6.57. The predicted molar refractivity (Wildman–Crippen MR) is 88.5 cm³/mol. The van der Waals surface area contributed by atoms with Crippen LogP contribution >= 0.6 is 0 Å². The van der Waals surface area contributed by atoms with Crippen molar-refractivity contribution in [3.05, 3.63) is 0 Å². The molecule has 0 unspecified atom stereocenters. The van der Waals surface area contributed by atoms with E-state index < -0.39 is 0 Å². The van der Waals surface area contributed by atoms with Gasteiger partial charge in [-0.1, -0.05) is 58.3 Å². The second kappa shape index (κ2) is 12.0. The highest BCUT2D eigenvalue weighted by Gasteiger charge is 2.19. The first kappa shape index (κ1) is 18.5. The van der Waals surface area contributed by atoms with Crippen molar-refractivity contribution >= 4 is 5.97 Å². The van der Waals surface area contributed by atoms with Crippen LogP contribution in [0.3, 0.4) is 0 Å². The SMILES string of the molecule is CCCCCCCCCCCC(=O)OC1CCN(C)CC1. The number of hydrogen-bond donors (Lipinski definition) is 0. The number of likely N-dealkylation sites (tertiary alicyclic amines) is 1. The number of rotatable bonds is 11. The van der Waals surface area contributed by atoms with E-state index in [9.17, 15) is 4.79 Å². The fourth-order valence-electron chi connectivity index (χ4n) is 2.93. The van der Waals surface area contributed by atoms with Gasteiger partial charge in [-0.05, 0) is 26.3 Å². The minimum absolute atomic E-state index is 0.0208. The molecule has 0 aromatic rings. The molecule has 0 aromatic carbocycles. The molecule has 0 spiro atoms. The monoisotopic (exact) mass is 297 g/mol. The van der Waals surface area contributed by atoms with Gasteiger partial charge in [0, 0.05) is 19.5 Å². The quantitative estimate of drug-likeness (QED) is 0.414. The Bertz CT molecular complexity index is 260. The Morgan fingerprint density at radius 1 is 0.952 bits per heavy atom. The normalized spacial score (nSPS) is 17.0. The maximum Gasteiger partial charge on any atom is 0.306 e. The van der Waals surface area contributed by atoms with Gasteiger partial charge >= 0.3 is 5.97 Å². The first-order chi connectivity index (χ1) is 10.2. The van der Waals surface area contributed by atoms with Gasteiger partial charge in [0.05, 0.1) is 0 Å². The molecule has 1 saturated heterocycles. The molecule has 1 heterocycles. The van der Waals surface area contributed by atoms with Crippen molar-refractivity contribution in [2.45, 2.75) is 90.1 Å². The largest absolute Gasteiger partial charge is 0.462 e. The van der Waals surface area contributed by atoms with E-state index in [4.69, 9.17) is 4.74 Å². The van der Waals surface area contributed by atoms with Gasteiger partial charge in [0.1, 0.15) is 6.10 Å². The molecule has 0 amide bonds.